The standard InChI is InChI=1S/C16H24F3N3O.HI/c1-4-5-8-21-15(20)22-10-12-6-7-13(23-11(2)3)9-14(12)16(17,18)19;/h6-7,9,11H,4-5,8,10H2,1-3H3,(H3,20,21,22);1H. The number of rotatable bonds is 7. The number of hydrogen-bond donors (Lipinski definition) is 2. The lowest BCUT2D eigenvalue weighted by molar-refractivity contribution is -0.138. The highest BCUT2D eigenvalue weighted by molar-refractivity contribution is 14.0. The number of guanidine groups is 1. The number of alkyl halides is 3. The molecule has 0 fully saturated rings. The number of benzene rings is 1. The van der Waals surface area contributed by atoms with E-state index >= 15 is 0 Å². The molecule has 0 spiro atoms. The molecule has 0 aliphatic carbocycles. The van der Waals surface area contributed by atoms with Crippen LogP contribution in [0.15, 0.2) is 23.2 Å². The number of nitrogens with two attached hydrogens (primary N) is 1. The molecule has 0 saturated carbocycles. The number of nitrogens with one attached hydrogen (secondary N) is 1. The van der Waals surface area contributed by atoms with Gasteiger partial charge in [-0.3, -0.25) is 0 Å². The summed E-state index contributed by atoms with van der Waals surface area (Å²) in [5.74, 6) is 0.336. The van der Waals surface area contributed by atoms with E-state index in [2.05, 4.69) is 10.3 Å². The van der Waals surface area contributed by atoms with Gasteiger partial charge in [0.1, 0.15) is 5.75 Å². The van der Waals surface area contributed by atoms with E-state index in [0.717, 1.165) is 18.9 Å². The normalized spacial score (nSPS) is 12.0. The summed E-state index contributed by atoms with van der Waals surface area (Å²) in [6.07, 6.45) is -2.74. The highest BCUT2D eigenvalue weighted by atomic mass is 127. The van der Waals surface area contributed by atoms with Gasteiger partial charge in [-0.15, -0.1) is 24.0 Å². The molecule has 138 valence electrons. The lowest BCUT2D eigenvalue weighted by atomic mass is 10.1. The Hall–Kier alpha value is -1.19. The first-order valence-corrected chi connectivity index (χ1v) is 7.64. The fourth-order valence-electron chi connectivity index (χ4n) is 1.92. The van der Waals surface area contributed by atoms with Crippen LogP contribution >= 0.6 is 24.0 Å². The summed E-state index contributed by atoms with van der Waals surface area (Å²) < 4.78 is 44.9. The lowest BCUT2D eigenvalue weighted by Crippen LogP contribution is -2.32. The van der Waals surface area contributed by atoms with Crippen molar-refractivity contribution in [1.82, 2.24) is 5.32 Å². The van der Waals surface area contributed by atoms with Crippen molar-refractivity contribution in [2.45, 2.75) is 52.4 Å². The predicted octanol–water partition coefficient (Wildman–Crippen LogP) is 4.32. The van der Waals surface area contributed by atoms with Crippen LogP contribution in [0.2, 0.25) is 0 Å². The zero-order valence-corrected chi connectivity index (χ0v) is 16.4. The predicted molar refractivity (Wildman–Crippen MR) is 101 cm³/mol. The molecule has 8 heteroatoms. The number of hydrogen-bond acceptors (Lipinski definition) is 2. The number of unbranched alkanes of at least 4 members (excludes halogenated alkanes) is 1. The Morgan fingerprint density at radius 1 is 1.33 bits per heavy atom. The summed E-state index contributed by atoms with van der Waals surface area (Å²) >= 11 is 0. The van der Waals surface area contributed by atoms with E-state index in [9.17, 15) is 13.2 Å². The Kier molecular flexibility index (Phi) is 10.1. The summed E-state index contributed by atoms with van der Waals surface area (Å²) in [4.78, 5) is 3.97. The van der Waals surface area contributed by atoms with Crippen LogP contribution in [0.25, 0.3) is 0 Å². The lowest BCUT2D eigenvalue weighted by Gasteiger charge is -2.16. The summed E-state index contributed by atoms with van der Waals surface area (Å²) in [6.45, 7) is 6.06. The van der Waals surface area contributed by atoms with Gasteiger partial charge in [0, 0.05) is 6.54 Å². The average molecular weight is 459 g/mol. The summed E-state index contributed by atoms with van der Waals surface area (Å²) in [5, 5.41) is 2.87. The van der Waals surface area contributed by atoms with Crippen LogP contribution in [0.1, 0.15) is 44.7 Å². The van der Waals surface area contributed by atoms with E-state index in [1.54, 1.807) is 13.8 Å². The second kappa shape index (κ2) is 10.6. The first-order valence-electron chi connectivity index (χ1n) is 7.64. The number of aliphatic imine (C=N–C) groups is 1. The molecule has 0 aliphatic heterocycles. The molecule has 0 radical (unpaired) electrons. The SMILES string of the molecule is CCCCNC(N)=NCc1ccc(OC(C)C)cc1C(F)(F)F.I. The second-order valence-corrected chi connectivity index (χ2v) is 5.47. The molecule has 3 N–H and O–H groups in total. The van der Waals surface area contributed by atoms with Crippen LogP contribution in [0.4, 0.5) is 13.2 Å². The van der Waals surface area contributed by atoms with Crippen molar-refractivity contribution in [2.75, 3.05) is 6.54 Å². The largest absolute Gasteiger partial charge is 0.491 e. The van der Waals surface area contributed by atoms with Crippen molar-refractivity contribution in [2.24, 2.45) is 10.7 Å². The monoisotopic (exact) mass is 459 g/mol. The minimum atomic E-state index is -4.47. The number of ether oxygens (including phenoxy) is 1. The third kappa shape index (κ3) is 8.07. The van der Waals surface area contributed by atoms with E-state index in [-0.39, 0.29) is 53.9 Å². The van der Waals surface area contributed by atoms with Crippen molar-refractivity contribution in [3.05, 3.63) is 29.3 Å². The highest BCUT2D eigenvalue weighted by Crippen LogP contribution is 2.35. The molecule has 1 rings (SSSR count). The van der Waals surface area contributed by atoms with Crippen molar-refractivity contribution in [1.29, 1.82) is 0 Å². The number of halogens is 4. The Morgan fingerprint density at radius 2 is 2.00 bits per heavy atom. The molecular formula is C16H25F3IN3O. The smallest absolute Gasteiger partial charge is 0.416 e. The Balaban J connectivity index is 0.00000529. The van der Waals surface area contributed by atoms with Gasteiger partial charge in [0.05, 0.1) is 18.2 Å². The fourth-order valence-corrected chi connectivity index (χ4v) is 1.92. The zero-order chi connectivity index (χ0) is 17.5. The van der Waals surface area contributed by atoms with Gasteiger partial charge in [-0.1, -0.05) is 19.4 Å². The molecule has 0 bridgehead atoms. The molecule has 0 aliphatic rings. The van der Waals surface area contributed by atoms with Gasteiger partial charge in [0.15, 0.2) is 5.96 Å². The second-order valence-electron chi connectivity index (χ2n) is 5.47. The molecule has 0 aromatic heterocycles. The van der Waals surface area contributed by atoms with Crippen LogP contribution in [0.5, 0.6) is 5.75 Å². The molecule has 0 heterocycles. The van der Waals surface area contributed by atoms with E-state index in [4.69, 9.17) is 10.5 Å². The van der Waals surface area contributed by atoms with Gasteiger partial charge in [-0.2, -0.15) is 13.2 Å². The fraction of sp³-hybridized carbons (Fsp3) is 0.562. The molecule has 0 amide bonds. The summed E-state index contributed by atoms with van der Waals surface area (Å²) in [7, 11) is 0. The topological polar surface area (TPSA) is 59.6 Å². The Morgan fingerprint density at radius 3 is 2.54 bits per heavy atom. The quantitative estimate of drug-likeness (QED) is 0.277. The van der Waals surface area contributed by atoms with Gasteiger partial charge < -0.3 is 15.8 Å². The third-order valence-corrected chi connectivity index (χ3v) is 3.01. The van der Waals surface area contributed by atoms with Crippen LogP contribution in [0, 0.1) is 0 Å². The van der Waals surface area contributed by atoms with Gasteiger partial charge >= 0.3 is 6.18 Å². The van der Waals surface area contributed by atoms with Crippen molar-refractivity contribution < 1.29 is 17.9 Å². The van der Waals surface area contributed by atoms with Crippen LogP contribution in [0.3, 0.4) is 0 Å². The first kappa shape index (κ1) is 22.8. The van der Waals surface area contributed by atoms with Crippen molar-refractivity contribution in [3.63, 3.8) is 0 Å². The van der Waals surface area contributed by atoms with Gasteiger partial charge in [0.2, 0.25) is 0 Å². The maximum Gasteiger partial charge on any atom is 0.416 e. The molecule has 0 saturated heterocycles. The van der Waals surface area contributed by atoms with Crippen molar-refractivity contribution >= 4 is 29.9 Å². The van der Waals surface area contributed by atoms with E-state index in [1.165, 1.54) is 12.1 Å². The average Bonchev–Trinajstić information content (AvgIpc) is 2.44. The maximum absolute atomic E-state index is 13.2. The molecule has 0 atom stereocenters. The summed E-state index contributed by atoms with van der Waals surface area (Å²) in [5.41, 5.74) is 4.96. The Bertz CT molecular complexity index is 534. The highest BCUT2D eigenvalue weighted by Gasteiger charge is 2.33. The minimum Gasteiger partial charge on any atom is -0.491 e. The molecule has 0 unspecified atom stereocenters. The van der Waals surface area contributed by atoms with E-state index in [1.807, 2.05) is 6.92 Å². The van der Waals surface area contributed by atoms with Gasteiger partial charge in [-0.25, -0.2) is 4.99 Å². The Labute approximate surface area is 158 Å². The zero-order valence-electron chi connectivity index (χ0n) is 14.1. The van der Waals surface area contributed by atoms with Crippen LogP contribution in [-0.2, 0) is 12.7 Å². The molecule has 4 nitrogen and oxygen atoms in total. The maximum atomic E-state index is 13.2. The molecule has 1 aromatic rings. The van der Waals surface area contributed by atoms with Gasteiger partial charge in [0.25, 0.3) is 0 Å². The van der Waals surface area contributed by atoms with E-state index in [0.29, 0.717) is 6.54 Å². The third-order valence-electron chi connectivity index (χ3n) is 3.01. The first-order chi connectivity index (χ1) is 10.7. The van der Waals surface area contributed by atoms with Crippen molar-refractivity contribution in [3.8, 4) is 5.75 Å². The molecular weight excluding hydrogens is 434 g/mol. The van der Waals surface area contributed by atoms with Crippen LogP contribution in [-0.4, -0.2) is 18.6 Å². The van der Waals surface area contributed by atoms with Gasteiger partial charge in [-0.05, 0) is 38.0 Å². The molecule has 1 aromatic carbocycles. The molecule has 24 heavy (non-hydrogen) atoms. The van der Waals surface area contributed by atoms with Crippen LogP contribution < -0.4 is 15.8 Å². The minimum absolute atomic E-state index is 0. The summed E-state index contributed by atoms with van der Waals surface area (Å²) in [6, 6.07) is 3.90. The van der Waals surface area contributed by atoms with E-state index < -0.39 is 11.7 Å². The number of nitrogens with zero attached hydrogens (tertiary/aromatic N) is 1.